The SMILES string of the molecule is Cc1ccc2c(c1)C(C)(C)c1cc(-c3cccc4c3Cc3ccccc3-4)ccc1-2. The van der Waals surface area contributed by atoms with Gasteiger partial charge in [-0.2, -0.15) is 0 Å². The molecule has 0 bridgehead atoms. The van der Waals surface area contributed by atoms with E-state index in [1.807, 2.05) is 0 Å². The fourth-order valence-electron chi connectivity index (χ4n) is 5.45. The summed E-state index contributed by atoms with van der Waals surface area (Å²) in [7, 11) is 0. The Morgan fingerprint density at radius 2 is 1.31 bits per heavy atom. The molecule has 0 spiro atoms. The topological polar surface area (TPSA) is 0 Å². The number of rotatable bonds is 1. The molecule has 0 N–H and O–H groups in total. The third kappa shape index (κ3) is 2.26. The van der Waals surface area contributed by atoms with Crippen molar-refractivity contribution < 1.29 is 0 Å². The predicted molar refractivity (Wildman–Crippen MR) is 122 cm³/mol. The van der Waals surface area contributed by atoms with Gasteiger partial charge in [-0.3, -0.25) is 0 Å². The lowest BCUT2D eigenvalue weighted by Crippen LogP contribution is -2.15. The second-order valence-electron chi connectivity index (χ2n) is 9.10. The maximum atomic E-state index is 2.45. The van der Waals surface area contributed by atoms with Crippen LogP contribution < -0.4 is 0 Å². The highest BCUT2D eigenvalue weighted by Crippen LogP contribution is 2.50. The van der Waals surface area contributed by atoms with Crippen LogP contribution in [0.15, 0.2) is 78.9 Å². The van der Waals surface area contributed by atoms with Gasteiger partial charge in [0.2, 0.25) is 0 Å². The number of aryl methyl sites for hydroxylation is 1. The lowest BCUT2D eigenvalue weighted by molar-refractivity contribution is 0.660. The van der Waals surface area contributed by atoms with Crippen molar-refractivity contribution in [3.63, 3.8) is 0 Å². The lowest BCUT2D eigenvalue weighted by Gasteiger charge is -2.22. The Bertz CT molecular complexity index is 1300. The smallest absolute Gasteiger partial charge is 0.0159 e. The Morgan fingerprint density at radius 1 is 0.621 bits per heavy atom. The van der Waals surface area contributed by atoms with Crippen LogP contribution in [0.25, 0.3) is 33.4 Å². The Labute approximate surface area is 172 Å². The van der Waals surface area contributed by atoms with Crippen LogP contribution in [-0.2, 0) is 11.8 Å². The van der Waals surface area contributed by atoms with E-state index in [1.165, 1.54) is 61.2 Å². The standard InChI is InChI=1S/C29H24/c1-18-11-13-24-25-14-12-20(17-28(25)29(2,3)27(24)15-18)22-9-6-10-23-21-8-5-4-7-19(21)16-26(22)23/h4-15,17H,16H2,1-3H3. The van der Waals surface area contributed by atoms with E-state index in [4.69, 9.17) is 0 Å². The molecule has 0 nitrogen and oxygen atoms in total. The molecule has 0 atom stereocenters. The van der Waals surface area contributed by atoms with E-state index in [1.54, 1.807) is 0 Å². The molecule has 4 aromatic carbocycles. The molecule has 0 heteroatoms. The first kappa shape index (κ1) is 16.8. The summed E-state index contributed by atoms with van der Waals surface area (Å²) >= 11 is 0. The quantitative estimate of drug-likeness (QED) is 0.285. The van der Waals surface area contributed by atoms with Gasteiger partial charge in [-0.1, -0.05) is 92.2 Å². The summed E-state index contributed by atoms with van der Waals surface area (Å²) in [5.41, 5.74) is 15.5. The minimum absolute atomic E-state index is 0.0353. The van der Waals surface area contributed by atoms with E-state index in [2.05, 4.69) is 99.6 Å². The van der Waals surface area contributed by atoms with Gasteiger partial charge >= 0.3 is 0 Å². The first-order chi connectivity index (χ1) is 14.0. The Morgan fingerprint density at radius 3 is 2.17 bits per heavy atom. The molecule has 0 saturated carbocycles. The van der Waals surface area contributed by atoms with Crippen molar-refractivity contribution in [1.82, 2.24) is 0 Å². The summed E-state index contributed by atoms with van der Waals surface area (Å²) in [4.78, 5) is 0. The summed E-state index contributed by atoms with van der Waals surface area (Å²) in [6, 6.07) is 29.6. The summed E-state index contributed by atoms with van der Waals surface area (Å²) < 4.78 is 0. The van der Waals surface area contributed by atoms with Crippen LogP contribution in [0.3, 0.4) is 0 Å². The van der Waals surface area contributed by atoms with Gasteiger partial charge in [0.1, 0.15) is 0 Å². The second-order valence-corrected chi connectivity index (χ2v) is 9.10. The highest BCUT2D eigenvalue weighted by molar-refractivity contribution is 5.88. The van der Waals surface area contributed by atoms with Crippen LogP contribution in [0.2, 0.25) is 0 Å². The number of hydrogen-bond acceptors (Lipinski definition) is 0. The van der Waals surface area contributed by atoms with Gasteiger partial charge in [-0.25, -0.2) is 0 Å². The van der Waals surface area contributed by atoms with Crippen LogP contribution in [0.5, 0.6) is 0 Å². The summed E-state index contributed by atoms with van der Waals surface area (Å²) in [5.74, 6) is 0. The van der Waals surface area contributed by atoms with Gasteiger partial charge in [0, 0.05) is 5.41 Å². The minimum atomic E-state index is 0.0353. The zero-order valence-corrected chi connectivity index (χ0v) is 17.2. The molecule has 0 amide bonds. The molecule has 0 aromatic heterocycles. The molecule has 29 heavy (non-hydrogen) atoms. The molecule has 2 aliphatic carbocycles. The fourth-order valence-corrected chi connectivity index (χ4v) is 5.45. The Balaban J connectivity index is 1.53. The fraction of sp³-hybridized carbons (Fsp3) is 0.172. The van der Waals surface area contributed by atoms with E-state index in [0.717, 1.165) is 6.42 Å². The van der Waals surface area contributed by atoms with Crippen LogP contribution in [0.4, 0.5) is 0 Å². The Kier molecular flexibility index (Phi) is 3.30. The molecule has 0 unspecified atom stereocenters. The molecule has 0 heterocycles. The average molecular weight is 373 g/mol. The van der Waals surface area contributed by atoms with Gasteiger partial charge in [0.25, 0.3) is 0 Å². The van der Waals surface area contributed by atoms with E-state index in [9.17, 15) is 0 Å². The zero-order chi connectivity index (χ0) is 19.8. The lowest BCUT2D eigenvalue weighted by atomic mass is 9.81. The van der Waals surface area contributed by atoms with Crippen LogP contribution in [0.1, 0.15) is 41.7 Å². The number of benzene rings is 4. The summed E-state index contributed by atoms with van der Waals surface area (Å²) in [5, 5.41) is 0. The van der Waals surface area contributed by atoms with Crippen molar-refractivity contribution in [2.75, 3.05) is 0 Å². The third-order valence-electron chi connectivity index (χ3n) is 6.99. The van der Waals surface area contributed by atoms with Crippen molar-refractivity contribution in [2.45, 2.75) is 32.6 Å². The number of hydrogen-bond donors (Lipinski definition) is 0. The molecule has 6 rings (SSSR count). The van der Waals surface area contributed by atoms with Crippen molar-refractivity contribution in [3.05, 3.63) is 107 Å². The molecule has 0 saturated heterocycles. The van der Waals surface area contributed by atoms with Crippen molar-refractivity contribution in [2.24, 2.45) is 0 Å². The van der Waals surface area contributed by atoms with Crippen molar-refractivity contribution >= 4 is 0 Å². The third-order valence-corrected chi connectivity index (χ3v) is 6.99. The molecule has 4 aromatic rings. The first-order valence-corrected chi connectivity index (χ1v) is 10.5. The van der Waals surface area contributed by atoms with E-state index in [0.29, 0.717) is 0 Å². The van der Waals surface area contributed by atoms with Crippen molar-refractivity contribution in [3.8, 4) is 33.4 Å². The number of fused-ring (bicyclic) bond motifs is 6. The van der Waals surface area contributed by atoms with Gasteiger partial charge in [0.05, 0.1) is 0 Å². The van der Waals surface area contributed by atoms with Crippen LogP contribution >= 0.6 is 0 Å². The largest absolute Gasteiger partial charge is 0.0619 e. The molecule has 140 valence electrons. The second kappa shape index (κ2) is 5.70. The highest BCUT2D eigenvalue weighted by Gasteiger charge is 2.35. The van der Waals surface area contributed by atoms with Crippen molar-refractivity contribution in [1.29, 1.82) is 0 Å². The maximum absolute atomic E-state index is 2.45. The highest BCUT2D eigenvalue weighted by atomic mass is 14.4. The average Bonchev–Trinajstić information content (AvgIpc) is 3.21. The summed E-state index contributed by atoms with van der Waals surface area (Å²) in [6.07, 6.45) is 1.03. The molecule has 2 aliphatic rings. The van der Waals surface area contributed by atoms with E-state index < -0.39 is 0 Å². The first-order valence-electron chi connectivity index (χ1n) is 10.5. The van der Waals surface area contributed by atoms with Crippen LogP contribution in [0, 0.1) is 6.92 Å². The molecule has 0 aliphatic heterocycles. The zero-order valence-electron chi connectivity index (χ0n) is 17.2. The van der Waals surface area contributed by atoms with E-state index >= 15 is 0 Å². The molecular formula is C29H24. The normalized spacial score (nSPS) is 14.9. The van der Waals surface area contributed by atoms with Crippen LogP contribution in [-0.4, -0.2) is 0 Å². The Hall–Kier alpha value is -3.12. The van der Waals surface area contributed by atoms with Gasteiger partial charge in [-0.15, -0.1) is 0 Å². The molecule has 0 radical (unpaired) electrons. The molecule has 0 fully saturated rings. The van der Waals surface area contributed by atoms with Gasteiger partial charge < -0.3 is 0 Å². The van der Waals surface area contributed by atoms with Gasteiger partial charge in [0.15, 0.2) is 0 Å². The minimum Gasteiger partial charge on any atom is -0.0619 e. The van der Waals surface area contributed by atoms with Gasteiger partial charge in [-0.05, 0) is 75.0 Å². The monoisotopic (exact) mass is 372 g/mol. The van der Waals surface area contributed by atoms with E-state index in [-0.39, 0.29) is 5.41 Å². The summed E-state index contributed by atoms with van der Waals surface area (Å²) in [6.45, 7) is 6.92. The maximum Gasteiger partial charge on any atom is 0.0159 e. The molecular weight excluding hydrogens is 348 g/mol. The predicted octanol–water partition coefficient (Wildman–Crippen LogP) is 7.54.